The molecule has 1 fully saturated rings. The van der Waals surface area contributed by atoms with Crippen LogP contribution < -0.4 is 0 Å². The van der Waals surface area contributed by atoms with E-state index in [-0.39, 0.29) is 26.1 Å². The molecular weight excluding hydrogens is 749 g/mol. The molecule has 0 amide bonds. The van der Waals surface area contributed by atoms with Gasteiger partial charge in [0.05, 0.1) is 13.2 Å². The van der Waals surface area contributed by atoms with Crippen LogP contribution in [0.25, 0.3) is 0 Å². The molecule has 0 bridgehead atoms. The Hall–Kier alpha value is -2.60. The SMILES string of the molecule is CCCCC/C=C/C/C=C/C/C=C/C/C=C/C/C=C/CCC(=O)OC[C@@H](CO[C@H]1O[C@@H](CO)[C@@H](O)C(O)C1O)OC(=O)CCCCCCCCCCCCCCCCC. The molecule has 2 unspecified atom stereocenters. The summed E-state index contributed by atoms with van der Waals surface area (Å²) in [6.07, 6.45) is 40.9. The highest BCUT2D eigenvalue weighted by Gasteiger charge is 2.44. The van der Waals surface area contributed by atoms with Crippen LogP contribution in [0, 0.1) is 0 Å². The lowest BCUT2D eigenvalue weighted by Crippen LogP contribution is -2.59. The highest BCUT2D eigenvalue weighted by molar-refractivity contribution is 5.70. The second-order valence-electron chi connectivity index (χ2n) is 15.9. The summed E-state index contributed by atoms with van der Waals surface area (Å²) in [5.74, 6) is -0.901. The van der Waals surface area contributed by atoms with Gasteiger partial charge in [-0.2, -0.15) is 0 Å². The van der Waals surface area contributed by atoms with Crippen molar-refractivity contribution in [2.45, 2.75) is 218 Å². The molecule has 10 heteroatoms. The van der Waals surface area contributed by atoms with Crippen LogP contribution in [0.2, 0.25) is 0 Å². The number of hydrogen-bond acceptors (Lipinski definition) is 10. The Morgan fingerprint density at radius 3 is 1.49 bits per heavy atom. The maximum atomic E-state index is 12.8. The molecule has 0 aromatic rings. The van der Waals surface area contributed by atoms with Gasteiger partial charge in [0.2, 0.25) is 0 Å². The minimum atomic E-state index is -1.61. The van der Waals surface area contributed by atoms with Gasteiger partial charge in [-0.1, -0.05) is 177 Å². The molecule has 0 saturated carbocycles. The molecule has 1 saturated heterocycles. The number of aliphatic hydroxyl groups is 4. The van der Waals surface area contributed by atoms with Gasteiger partial charge in [0.1, 0.15) is 31.0 Å². The molecule has 0 aliphatic carbocycles. The average Bonchev–Trinajstić information content (AvgIpc) is 3.23. The van der Waals surface area contributed by atoms with Crippen LogP contribution in [0.5, 0.6) is 0 Å². The number of unbranched alkanes of at least 4 members (excludes halogenated alkanes) is 17. The van der Waals surface area contributed by atoms with Crippen molar-refractivity contribution in [1.82, 2.24) is 0 Å². The maximum absolute atomic E-state index is 12.8. The first kappa shape index (κ1) is 54.4. The molecule has 340 valence electrons. The van der Waals surface area contributed by atoms with E-state index in [0.717, 1.165) is 44.9 Å². The summed E-state index contributed by atoms with van der Waals surface area (Å²) in [6.45, 7) is 3.32. The summed E-state index contributed by atoms with van der Waals surface area (Å²) >= 11 is 0. The number of aliphatic hydroxyl groups excluding tert-OH is 4. The van der Waals surface area contributed by atoms with Crippen molar-refractivity contribution in [2.75, 3.05) is 19.8 Å². The summed E-state index contributed by atoms with van der Waals surface area (Å²) in [5.41, 5.74) is 0. The molecule has 6 atom stereocenters. The number of hydrogen-bond donors (Lipinski definition) is 4. The van der Waals surface area contributed by atoms with Crippen molar-refractivity contribution in [3.05, 3.63) is 60.8 Å². The Labute approximate surface area is 358 Å². The normalized spacial score (nSPS) is 20.5. The van der Waals surface area contributed by atoms with Gasteiger partial charge >= 0.3 is 11.9 Å². The van der Waals surface area contributed by atoms with Gasteiger partial charge in [-0.15, -0.1) is 0 Å². The Kier molecular flexibility index (Phi) is 36.5. The zero-order valence-electron chi connectivity index (χ0n) is 37.0. The number of rotatable bonds is 38. The predicted octanol–water partition coefficient (Wildman–Crippen LogP) is 10.2. The Morgan fingerprint density at radius 1 is 0.525 bits per heavy atom. The van der Waals surface area contributed by atoms with Gasteiger partial charge in [0.15, 0.2) is 12.4 Å². The molecule has 1 aliphatic heterocycles. The molecule has 4 N–H and O–H groups in total. The fourth-order valence-electron chi connectivity index (χ4n) is 6.70. The molecule has 1 aliphatic rings. The van der Waals surface area contributed by atoms with Gasteiger partial charge in [0, 0.05) is 12.8 Å². The van der Waals surface area contributed by atoms with Crippen molar-refractivity contribution in [3.8, 4) is 0 Å². The van der Waals surface area contributed by atoms with Gasteiger partial charge in [0.25, 0.3) is 0 Å². The zero-order chi connectivity index (χ0) is 43.0. The van der Waals surface area contributed by atoms with Gasteiger partial charge < -0.3 is 39.4 Å². The third kappa shape index (κ3) is 31.0. The number of carbonyl (C=O) groups excluding carboxylic acids is 2. The van der Waals surface area contributed by atoms with E-state index in [1.54, 1.807) is 0 Å². The summed E-state index contributed by atoms with van der Waals surface area (Å²) in [5, 5.41) is 40.1. The van der Waals surface area contributed by atoms with Crippen molar-refractivity contribution in [1.29, 1.82) is 0 Å². The third-order valence-electron chi connectivity index (χ3n) is 10.4. The molecule has 1 rings (SSSR count). The number of carbonyl (C=O) groups is 2. The minimum Gasteiger partial charge on any atom is -0.462 e. The fraction of sp³-hybridized carbons (Fsp3) is 0.755. The summed E-state index contributed by atoms with van der Waals surface area (Å²) < 4.78 is 22.1. The molecule has 1 heterocycles. The first-order valence-electron chi connectivity index (χ1n) is 23.4. The van der Waals surface area contributed by atoms with Crippen molar-refractivity contribution in [2.24, 2.45) is 0 Å². The van der Waals surface area contributed by atoms with Gasteiger partial charge in [-0.05, 0) is 51.4 Å². The maximum Gasteiger partial charge on any atom is 0.306 e. The average molecular weight is 833 g/mol. The van der Waals surface area contributed by atoms with E-state index >= 15 is 0 Å². The highest BCUT2D eigenvalue weighted by atomic mass is 16.7. The Morgan fingerprint density at radius 2 is 0.983 bits per heavy atom. The topological polar surface area (TPSA) is 152 Å². The molecular formula is C49H84O10. The lowest BCUT2D eigenvalue weighted by molar-refractivity contribution is -0.305. The van der Waals surface area contributed by atoms with Crippen molar-refractivity contribution in [3.63, 3.8) is 0 Å². The van der Waals surface area contributed by atoms with E-state index in [1.807, 2.05) is 12.2 Å². The lowest BCUT2D eigenvalue weighted by atomic mass is 9.99. The van der Waals surface area contributed by atoms with Crippen LogP contribution in [-0.4, -0.2) is 89.0 Å². The van der Waals surface area contributed by atoms with E-state index in [4.69, 9.17) is 18.9 Å². The van der Waals surface area contributed by atoms with Gasteiger partial charge in [-0.25, -0.2) is 0 Å². The highest BCUT2D eigenvalue weighted by Crippen LogP contribution is 2.22. The first-order chi connectivity index (χ1) is 28.8. The minimum absolute atomic E-state index is 0.151. The third-order valence-corrected chi connectivity index (χ3v) is 10.4. The number of esters is 2. The molecule has 0 radical (unpaired) electrons. The molecule has 0 aromatic heterocycles. The van der Waals surface area contributed by atoms with Gasteiger partial charge in [-0.3, -0.25) is 9.59 Å². The van der Waals surface area contributed by atoms with E-state index < -0.39 is 55.4 Å². The van der Waals surface area contributed by atoms with E-state index in [2.05, 4.69) is 62.5 Å². The molecule has 0 aromatic carbocycles. The van der Waals surface area contributed by atoms with Crippen LogP contribution in [0.3, 0.4) is 0 Å². The lowest BCUT2D eigenvalue weighted by Gasteiger charge is -2.39. The van der Waals surface area contributed by atoms with Crippen LogP contribution in [0.4, 0.5) is 0 Å². The van der Waals surface area contributed by atoms with Crippen LogP contribution >= 0.6 is 0 Å². The zero-order valence-corrected chi connectivity index (χ0v) is 37.0. The van der Waals surface area contributed by atoms with Crippen molar-refractivity contribution < 1.29 is 49.0 Å². The number of ether oxygens (including phenoxy) is 4. The standard InChI is InChI=1S/C49H84O10/c1-3-5-7-9-11-13-15-17-19-20-21-22-24-25-27-29-31-33-35-37-44(51)56-40-42(41-57-49-48(55)47(54)46(53)43(39-50)59-49)58-45(52)38-36-34-32-30-28-26-23-18-16-14-12-10-8-6-4-2/h11,13,17,19,21-22,25,27,31,33,42-43,46-50,53-55H,3-10,12,14-16,18,20,23-24,26,28-30,32,34-41H2,1-2H3/b13-11+,19-17+,22-21+,27-25+,33-31+/t42-,43-,46+,47?,48?,49-/m0/s1. The fourth-order valence-corrected chi connectivity index (χ4v) is 6.70. The van der Waals surface area contributed by atoms with Crippen LogP contribution in [0.15, 0.2) is 60.8 Å². The first-order valence-corrected chi connectivity index (χ1v) is 23.4. The van der Waals surface area contributed by atoms with E-state index in [0.29, 0.717) is 12.8 Å². The largest absolute Gasteiger partial charge is 0.462 e. The summed E-state index contributed by atoms with van der Waals surface area (Å²) in [4.78, 5) is 25.3. The number of allylic oxidation sites excluding steroid dienone is 10. The Balaban J connectivity index is 2.37. The Bertz CT molecular complexity index is 1150. The van der Waals surface area contributed by atoms with Crippen LogP contribution in [-0.2, 0) is 28.5 Å². The predicted molar refractivity (Wildman–Crippen MR) is 238 cm³/mol. The smallest absolute Gasteiger partial charge is 0.306 e. The molecule has 59 heavy (non-hydrogen) atoms. The monoisotopic (exact) mass is 833 g/mol. The summed E-state index contributed by atoms with van der Waals surface area (Å²) in [6, 6.07) is 0. The van der Waals surface area contributed by atoms with E-state index in [9.17, 15) is 30.0 Å². The second-order valence-corrected chi connectivity index (χ2v) is 15.9. The molecule has 10 nitrogen and oxygen atoms in total. The second kappa shape index (κ2) is 39.5. The van der Waals surface area contributed by atoms with Crippen molar-refractivity contribution >= 4 is 11.9 Å². The van der Waals surface area contributed by atoms with E-state index in [1.165, 1.54) is 96.3 Å². The summed E-state index contributed by atoms with van der Waals surface area (Å²) in [7, 11) is 0. The molecule has 0 spiro atoms. The van der Waals surface area contributed by atoms with Crippen LogP contribution in [0.1, 0.15) is 181 Å². The quantitative estimate of drug-likeness (QED) is 0.0269.